The smallest absolute Gasteiger partial charge is 0.356 e. The second kappa shape index (κ2) is 5.17. The largest absolute Gasteiger partial charge is 0.464 e. The molecule has 0 radical (unpaired) electrons. The van der Waals surface area contributed by atoms with Gasteiger partial charge in [0, 0.05) is 17.8 Å². The SMILES string of the molecule is COC(=O)c1cc2c(cn1)N(c1ccccc1)CC=C2. The van der Waals surface area contributed by atoms with Gasteiger partial charge in [-0.05, 0) is 18.2 Å². The first-order valence-electron chi connectivity index (χ1n) is 6.37. The van der Waals surface area contributed by atoms with Crippen LogP contribution in [0, 0.1) is 0 Å². The van der Waals surface area contributed by atoms with Crippen LogP contribution in [-0.2, 0) is 4.74 Å². The molecule has 0 N–H and O–H groups in total. The van der Waals surface area contributed by atoms with Gasteiger partial charge in [0.1, 0.15) is 5.69 Å². The standard InChI is InChI=1S/C16H14N2O2/c1-20-16(19)14-10-12-6-5-9-18(15(12)11-17-14)13-7-3-2-4-8-13/h2-8,10-11H,9H2,1H3. The average molecular weight is 266 g/mol. The van der Waals surface area contributed by atoms with E-state index in [1.54, 1.807) is 12.3 Å². The zero-order valence-corrected chi connectivity index (χ0v) is 11.1. The van der Waals surface area contributed by atoms with Crippen molar-refractivity contribution in [3.8, 4) is 0 Å². The molecule has 0 saturated carbocycles. The van der Waals surface area contributed by atoms with Crippen molar-refractivity contribution >= 4 is 23.4 Å². The molecule has 1 aromatic heterocycles. The second-order valence-electron chi connectivity index (χ2n) is 4.47. The second-order valence-corrected chi connectivity index (χ2v) is 4.47. The monoisotopic (exact) mass is 266 g/mol. The molecule has 0 saturated heterocycles. The van der Waals surface area contributed by atoms with Gasteiger partial charge in [0.15, 0.2) is 0 Å². The topological polar surface area (TPSA) is 42.4 Å². The van der Waals surface area contributed by atoms with Crippen LogP contribution in [0.15, 0.2) is 48.7 Å². The Morgan fingerprint density at radius 1 is 1.30 bits per heavy atom. The first-order valence-corrected chi connectivity index (χ1v) is 6.37. The van der Waals surface area contributed by atoms with Crippen molar-refractivity contribution in [2.24, 2.45) is 0 Å². The highest BCUT2D eigenvalue weighted by Crippen LogP contribution is 2.32. The summed E-state index contributed by atoms with van der Waals surface area (Å²) in [6, 6.07) is 11.9. The average Bonchev–Trinajstić information content (AvgIpc) is 2.53. The van der Waals surface area contributed by atoms with Gasteiger partial charge < -0.3 is 9.64 Å². The third-order valence-electron chi connectivity index (χ3n) is 3.25. The van der Waals surface area contributed by atoms with Crippen LogP contribution in [0.1, 0.15) is 16.1 Å². The highest BCUT2D eigenvalue weighted by atomic mass is 16.5. The molecule has 0 amide bonds. The molecule has 0 bridgehead atoms. The number of nitrogens with zero attached hydrogens (tertiary/aromatic N) is 2. The number of fused-ring (bicyclic) bond motifs is 1. The van der Waals surface area contributed by atoms with Crippen LogP contribution in [-0.4, -0.2) is 24.6 Å². The van der Waals surface area contributed by atoms with Gasteiger partial charge in [-0.2, -0.15) is 0 Å². The molecule has 0 atom stereocenters. The van der Waals surface area contributed by atoms with Crippen LogP contribution in [0.3, 0.4) is 0 Å². The Labute approximate surface area is 117 Å². The molecule has 2 heterocycles. The maximum atomic E-state index is 11.5. The van der Waals surface area contributed by atoms with Gasteiger partial charge in [-0.15, -0.1) is 0 Å². The minimum atomic E-state index is -0.418. The molecular formula is C16H14N2O2. The molecule has 1 aliphatic rings. The van der Waals surface area contributed by atoms with Crippen molar-refractivity contribution in [2.45, 2.75) is 0 Å². The summed E-state index contributed by atoms with van der Waals surface area (Å²) in [5, 5.41) is 0. The van der Waals surface area contributed by atoms with E-state index in [1.807, 2.05) is 24.3 Å². The third kappa shape index (κ3) is 2.16. The van der Waals surface area contributed by atoms with E-state index in [1.165, 1.54) is 7.11 Å². The number of pyridine rings is 1. The van der Waals surface area contributed by atoms with Gasteiger partial charge in [-0.3, -0.25) is 0 Å². The Bertz CT molecular complexity index is 665. The van der Waals surface area contributed by atoms with Crippen molar-refractivity contribution in [1.29, 1.82) is 0 Å². The van der Waals surface area contributed by atoms with Crippen molar-refractivity contribution in [2.75, 3.05) is 18.6 Å². The Morgan fingerprint density at radius 2 is 2.10 bits per heavy atom. The number of para-hydroxylation sites is 1. The summed E-state index contributed by atoms with van der Waals surface area (Å²) in [7, 11) is 1.36. The molecule has 4 nitrogen and oxygen atoms in total. The number of aromatic nitrogens is 1. The zero-order valence-electron chi connectivity index (χ0n) is 11.1. The van der Waals surface area contributed by atoms with Crippen molar-refractivity contribution in [3.63, 3.8) is 0 Å². The van der Waals surface area contributed by atoms with Crippen molar-refractivity contribution in [1.82, 2.24) is 4.98 Å². The first-order chi connectivity index (χ1) is 9.79. The number of hydrogen-bond acceptors (Lipinski definition) is 4. The number of rotatable bonds is 2. The fourth-order valence-electron chi connectivity index (χ4n) is 2.27. The molecule has 0 unspecified atom stereocenters. The molecule has 0 fully saturated rings. The highest BCUT2D eigenvalue weighted by molar-refractivity contribution is 5.89. The van der Waals surface area contributed by atoms with Gasteiger partial charge in [0.05, 0.1) is 19.0 Å². The fourth-order valence-corrected chi connectivity index (χ4v) is 2.27. The van der Waals surface area contributed by atoms with Crippen LogP contribution >= 0.6 is 0 Å². The van der Waals surface area contributed by atoms with E-state index in [-0.39, 0.29) is 0 Å². The maximum absolute atomic E-state index is 11.5. The van der Waals surface area contributed by atoms with E-state index < -0.39 is 5.97 Å². The molecule has 1 aliphatic heterocycles. The summed E-state index contributed by atoms with van der Waals surface area (Å²) >= 11 is 0. The normalized spacial score (nSPS) is 12.9. The first kappa shape index (κ1) is 12.4. The van der Waals surface area contributed by atoms with E-state index in [0.29, 0.717) is 5.69 Å². The van der Waals surface area contributed by atoms with Crippen molar-refractivity contribution in [3.05, 3.63) is 59.9 Å². The molecule has 0 aliphatic carbocycles. The Hall–Kier alpha value is -2.62. The van der Waals surface area contributed by atoms with Gasteiger partial charge in [0.25, 0.3) is 0 Å². The van der Waals surface area contributed by atoms with Gasteiger partial charge in [-0.1, -0.05) is 30.4 Å². The van der Waals surface area contributed by atoms with Crippen LogP contribution in [0.4, 0.5) is 11.4 Å². The van der Waals surface area contributed by atoms with Gasteiger partial charge in [-0.25, -0.2) is 9.78 Å². The molecule has 1 aromatic carbocycles. The summed E-state index contributed by atoms with van der Waals surface area (Å²) in [5.74, 6) is -0.418. The lowest BCUT2D eigenvalue weighted by atomic mass is 10.1. The Balaban J connectivity index is 2.02. The predicted molar refractivity (Wildman–Crippen MR) is 78.1 cm³/mol. The van der Waals surface area contributed by atoms with Crippen LogP contribution in [0.25, 0.3) is 6.08 Å². The zero-order chi connectivity index (χ0) is 13.9. The number of carbonyl (C=O) groups excluding carboxylic acids is 1. The molecule has 0 spiro atoms. The molecule has 2 aromatic rings. The predicted octanol–water partition coefficient (Wildman–Crippen LogP) is 3.03. The summed E-state index contributed by atoms with van der Waals surface area (Å²) in [4.78, 5) is 17.9. The molecule has 20 heavy (non-hydrogen) atoms. The Kier molecular flexibility index (Phi) is 3.21. The number of benzene rings is 1. The highest BCUT2D eigenvalue weighted by Gasteiger charge is 2.17. The van der Waals surface area contributed by atoms with E-state index in [0.717, 1.165) is 23.5 Å². The van der Waals surface area contributed by atoms with E-state index in [9.17, 15) is 4.79 Å². The summed E-state index contributed by atoms with van der Waals surface area (Å²) in [5.41, 5.74) is 3.39. The van der Waals surface area contributed by atoms with Crippen LogP contribution in [0.2, 0.25) is 0 Å². The van der Waals surface area contributed by atoms with Crippen molar-refractivity contribution < 1.29 is 9.53 Å². The number of ether oxygens (including phenoxy) is 1. The molecule has 4 heteroatoms. The summed E-state index contributed by atoms with van der Waals surface area (Å²) in [6.07, 6.45) is 5.79. The maximum Gasteiger partial charge on any atom is 0.356 e. The van der Waals surface area contributed by atoms with E-state index in [2.05, 4.69) is 28.1 Å². The number of hydrogen-bond donors (Lipinski definition) is 0. The Morgan fingerprint density at radius 3 is 2.85 bits per heavy atom. The molecule has 100 valence electrons. The molecular weight excluding hydrogens is 252 g/mol. The minimum Gasteiger partial charge on any atom is -0.464 e. The minimum absolute atomic E-state index is 0.325. The molecule has 3 rings (SSSR count). The lowest BCUT2D eigenvalue weighted by Crippen LogP contribution is -2.21. The lowest BCUT2D eigenvalue weighted by molar-refractivity contribution is 0.0594. The van der Waals surface area contributed by atoms with E-state index >= 15 is 0 Å². The van der Waals surface area contributed by atoms with Crippen LogP contribution < -0.4 is 4.90 Å². The van der Waals surface area contributed by atoms with Gasteiger partial charge >= 0.3 is 5.97 Å². The summed E-state index contributed by atoms with van der Waals surface area (Å²) in [6.45, 7) is 0.788. The lowest BCUT2D eigenvalue weighted by Gasteiger charge is -2.27. The number of anilines is 2. The quantitative estimate of drug-likeness (QED) is 0.784. The number of carbonyl (C=O) groups is 1. The fraction of sp³-hybridized carbons (Fsp3) is 0.125. The van der Waals surface area contributed by atoms with Gasteiger partial charge in [0.2, 0.25) is 0 Å². The number of methoxy groups -OCH3 is 1. The van der Waals surface area contributed by atoms with E-state index in [4.69, 9.17) is 4.74 Å². The third-order valence-corrected chi connectivity index (χ3v) is 3.25. The summed E-state index contributed by atoms with van der Waals surface area (Å²) < 4.78 is 4.70. The van der Waals surface area contributed by atoms with Crippen LogP contribution in [0.5, 0.6) is 0 Å². The number of esters is 1.